The molecule has 0 atom stereocenters. The molecule has 0 spiro atoms. The molecule has 2 heteroatoms. The van der Waals surface area contributed by atoms with Gasteiger partial charge < -0.3 is 5.32 Å². The van der Waals surface area contributed by atoms with E-state index in [2.05, 4.69) is 65.7 Å². The lowest BCUT2D eigenvalue weighted by Gasteiger charge is -2.26. The van der Waals surface area contributed by atoms with Gasteiger partial charge in [0, 0.05) is 31.9 Å². The average Bonchev–Trinajstić information content (AvgIpc) is 2.45. The van der Waals surface area contributed by atoms with Crippen LogP contribution in [0.15, 0.2) is 48.5 Å². The van der Waals surface area contributed by atoms with E-state index < -0.39 is 0 Å². The third kappa shape index (κ3) is 3.20. The van der Waals surface area contributed by atoms with Crippen molar-refractivity contribution in [1.29, 1.82) is 0 Å². The Labute approximate surface area is 121 Å². The Bertz CT molecular complexity index is 563. The highest BCUT2D eigenvalue weighted by molar-refractivity contribution is 5.53. The molecule has 0 amide bonds. The molecule has 0 bridgehead atoms. The van der Waals surface area contributed by atoms with Gasteiger partial charge in [-0.1, -0.05) is 48.0 Å². The van der Waals surface area contributed by atoms with E-state index in [0.29, 0.717) is 0 Å². The number of nitrogens with one attached hydrogen (secondary N) is 1. The van der Waals surface area contributed by atoms with Crippen molar-refractivity contribution in [3.05, 3.63) is 65.2 Å². The maximum atomic E-state index is 3.57. The second-order valence-electron chi connectivity index (χ2n) is 5.60. The number of hydrogen-bond acceptors (Lipinski definition) is 2. The van der Waals surface area contributed by atoms with Crippen molar-refractivity contribution in [3.63, 3.8) is 0 Å². The molecule has 1 heterocycles. The van der Waals surface area contributed by atoms with Gasteiger partial charge in [-0.25, -0.2) is 0 Å². The monoisotopic (exact) mass is 266 g/mol. The smallest absolute Gasteiger partial charge is 0.0373 e. The van der Waals surface area contributed by atoms with Crippen LogP contribution in [0.3, 0.4) is 0 Å². The van der Waals surface area contributed by atoms with Crippen LogP contribution in [-0.2, 0) is 13.0 Å². The fourth-order valence-corrected chi connectivity index (χ4v) is 2.84. The molecule has 1 aliphatic heterocycles. The van der Waals surface area contributed by atoms with Gasteiger partial charge in [-0.3, -0.25) is 4.90 Å². The third-order valence-corrected chi connectivity index (χ3v) is 3.95. The molecule has 0 saturated heterocycles. The topological polar surface area (TPSA) is 15.3 Å². The summed E-state index contributed by atoms with van der Waals surface area (Å²) in [5.41, 5.74) is 5.51. The molecule has 0 unspecified atom stereocenters. The molecule has 0 saturated carbocycles. The number of nitrogens with zero attached hydrogens (tertiary/aromatic N) is 1. The minimum atomic E-state index is 1.02. The first-order valence-electron chi connectivity index (χ1n) is 7.41. The summed E-state index contributed by atoms with van der Waals surface area (Å²) in [4.78, 5) is 2.54. The van der Waals surface area contributed by atoms with Crippen molar-refractivity contribution >= 4 is 5.69 Å². The van der Waals surface area contributed by atoms with Crippen molar-refractivity contribution in [2.75, 3.05) is 25.0 Å². The maximum absolute atomic E-state index is 3.57. The fourth-order valence-electron chi connectivity index (χ4n) is 2.84. The minimum absolute atomic E-state index is 1.02. The van der Waals surface area contributed by atoms with Crippen LogP contribution in [0.4, 0.5) is 5.69 Å². The van der Waals surface area contributed by atoms with Crippen LogP contribution in [0, 0.1) is 6.92 Å². The predicted molar refractivity (Wildman–Crippen MR) is 85.1 cm³/mol. The van der Waals surface area contributed by atoms with Crippen LogP contribution in [0.5, 0.6) is 0 Å². The number of aryl methyl sites for hydroxylation is 1. The van der Waals surface area contributed by atoms with Crippen molar-refractivity contribution in [1.82, 2.24) is 4.90 Å². The van der Waals surface area contributed by atoms with E-state index in [9.17, 15) is 0 Å². The van der Waals surface area contributed by atoms with E-state index in [1.54, 1.807) is 0 Å². The quantitative estimate of drug-likeness (QED) is 0.895. The Morgan fingerprint density at radius 3 is 2.75 bits per heavy atom. The third-order valence-electron chi connectivity index (χ3n) is 3.95. The van der Waals surface area contributed by atoms with E-state index in [0.717, 1.165) is 32.6 Å². The Morgan fingerprint density at radius 1 is 1.05 bits per heavy atom. The molecule has 0 fully saturated rings. The Kier molecular flexibility index (Phi) is 4.03. The predicted octanol–water partition coefficient (Wildman–Crippen LogP) is 3.47. The second kappa shape index (κ2) is 6.10. The highest BCUT2D eigenvalue weighted by Gasteiger charge is 2.12. The normalized spacial score (nSPS) is 15.8. The van der Waals surface area contributed by atoms with Crippen molar-refractivity contribution < 1.29 is 0 Å². The summed E-state index contributed by atoms with van der Waals surface area (Å²) < 4.78 is 0. The second-order valence-corrected chi connectivity index (χ2v) is 5.60. The summed E-state index contributed by atoms with van der Waals surface area (Å²) in [5, 5.41) is 3.57. The zero-order valence-electron chi connectivity index (χ0n) is 12.1. The summed E-state index contributed by atoms with van der Waals surface area (Å²) >= 11 is 0. The zero-order valence-corrected chi connectivity index (χ0v) is 12.1. The number of benzene rings is 2. The first-order chi connectivity index (χ1) is 9.81. The molecular formula is C18H22N2. The molecule has 104 valence electrons. The van der Waals surface area contributed by atoms with Gasteiger partial charge in [-0.15, -0.1) is 0 Å². The lowest BCUT2D eigenvalue weighted by atomic mass is 10.0. The van der Waals surface area contributed by atoms with Gasteiger partial charge in [0.15, 0.2) is 0 Å². The van der Waals surface area contributed by atoms with E-state index in [1.165, 1.54) is 22.4 Å². The number of rotatable bonds is 2. The standard InChI is InChI=1S/C18H22N2/c1-15-7-8-18-17(13-15)9-11-20(12-10-19-18)14-16-5-3-2-4-6-16/h2-8,13,19H,9-12,14H2,1H3. The summed E-state index contributed by atoms with van der Waals surface area (Å²) in [7, 11) is 0. The molecule has 2 aromatic carbocycles. The van der Waals surface area contributed by atoms with Gasteiger partial charge in [-0.2, -0.15) is 0 Å². The molecule has 3 rings (SSSR count). The van der Waals surface area contributed by atoms with E-state index in [1.807, 2.05) is 0 Å². The molecule has 20 heavy (non-hydrogen) atoms. The lowest BCUT2D eigenvalue weighted by Crippen LogP contribution is -2.32. The zero-order chi connectivity index (χ0) is 13.8. The Morgan fingerprint density at radius 2 is 1.90 bits per heavy atom. The molecule has 0 radical (unpaired) electrons. The van der Waals surface area contributed by atoms with Crippen molar-refractivity contribution in [2.24, 2.45) is 0 Å². The SMILES string of the molecule is Cc1ccc2c(c1)CCN(Cc1ccccc1)CCN2. The van der Waals surface area contributed by atoms with Crippen LogP contribution in [0.1, 0.15) is 16.7 Å². The molecule has 0 aromatic heterocycles. The average molecular weight is 266 g/mol. The molecule has 1 aliphatic rings. The van der Waals surface area contributed by atoms with Gasteiger partial charge >= 0.3 is 0 Å². The highest BCUT2D eigenvalue weighted by Crippen LogP contribution is 2.20. The van der Waals surface area contributed by atoms with Crippen LogP contribution in [-0.4, -0.2) is 24.5 Å². The summed E-state index contributed by atoms with van der Waals surface area (Å²) in [6, 6.07) is 17.5. The van der Waals surface area contributed by atoms with Crippen LogP contribution in [0.2, 0.25) is 0 Å². The van der Waals surface area contributed by atoms with Gasteiger partial charge in [-0.05, 0) is 30.5 Å². The molecule has 2 aromatic rings. The summed E-state index contributed by atoms with van der Waals surface area (Å²) in [5.74, 6) is 0. The Hall–Kier alpha value is -1.80. The minimum Gasteiger partial charge on any atom is -0.384 e. The van der Waals surface area contributed by atoms with E-state index in [-0.39, 0.29) is 0 Å². The number of anilines is 1. The van der Waals surface area contributed by atoms with Gasteiger partial charge in [0.25, 0.3) is 0 Å². The summed E-state index contributed by atoms with van der Waals surface area (Å²) in [6.07, 6.45) is 1.12. The number of fused-ring (bicyclic) bond motifs is 1. The maximum Gasteiger partial charge on any atom is 0.0373 e. The molecular weight excluding hydrogens is 244 g/mol. The van der Waals surface area contributed by atoms with Crippen molar-refractivity contribution in [3.8, 4) is 0 Å². The molecule has 1 N–H and O–H groups in total. The lowest BCUT2D eigenvalue weighted by molar-refractivity contribution is 0.277. The first kappa shape index (κ1) is 13.2. The van der Waals surface area contributed by atoms with Gasteiger partial charge in [0.05, 0.1) is 0 Å². The largest absolute Gasteiger partial charge is 0.384 e. The summed E-state index contributed by atoms with van der Waals surface area (Å²) in [6.45, 7) is 6.46. The number of hydrogen-bond donors (Lipinski definition) is 1. The fraction of sp³-hybridized carbons (Fsp3) is 0.333. The van der Waals surface area contributed by atoms with E-state index >= 15 is 0 Å². The van der Waals surface area contributed by atoms with E-state index in [4.69, 9.17) is 0 Å². The van der Waals surface area contributed by atoms with Gasteiger partial charge in [0.2, 0.25) is 0 Å². The van der Waals surface area contributed by atoms with Gasteiger partial charge in [0.1, 0.15) is 0 Å². The van der Waals surface area contributed by atoms with Crippen LogP contribution in [0.25, 0.3) is 0 Å². The molecule has 2 nitrogen and oxygen atoms in total. The van der Waals surface area contributed by atoms with Crippen molar-refractivity contribution in [2.45, 2.75) is 19.9 Å². The van der Waals surface area contributed by atoms with Crippen LogP contribution < -0.4 is 5.32 Å². The highest BCUT2D eigenvalue weighted by atomic mass is 15.1. The van der Waals surface area contributed by atoms with Crippen LogP contribution >= 0.6 is 0 Å². The molecule has 0 aliphatic carbocycles. The Balaban J connectivity index is 1.69. The first-order valence-corrected chi connectivity index (χ1v) is 7.41.